The first-order valence-electron chi connectivity index (χ1n) is 8.05. The van der Waals surface area contributed by atoms with E-state index >= 15 is 0 Å². The fourth-order valence-electron chi connectivity index (χ4n) is 2.50. The summed E-state index contributed by atoms with van der Waals surface area (Å²) in [5.74, 6) is 0.937. The van der Waals surface area contributed by atoms with Gasteiger partial charge < -0.3 is 10.1 Å². The molecule has 1 N–H and O–H groups in total. The van der Waals surface area contributed by atoms with E-state index in [0.717, 1.165) is 5.69 Å². The van der Waals surface area contributed by atoms with E-state index in [1.165, 1.54) is 0 Å². The van der Waals surface area contributed by atoms with E-state index in [2.05, 4.69) is 20.5 Å². The number of aromatic nitrogens is 5. The van der Waals surface area contributed by atoms with Crippen molar-refractivity contribution in [3.63, 3.8) is 0 Å². The molecule has 3 aromatic rings. The highest BCUT2D eigenvalue weighted by Crippen LogP contribution is 2.16. The normalized spacial score (nSPS) is 10.8. The lowest BCUT2D eigenvalue weighted by Crippen LogP contribution is -2.15. The van der Waals surface area contributed by atoms with E-state index in [1.807, 2.05) is 25.1 Å². The third kappa shape index (κ3) is 3.74. The van der Waals surface area contributed by atoms with Crippen LogP contribution in [0.5, 0.6) is 0 Å². The monoisotopic (exact) mass is 340 g/mol. The Morgan fingerprint density at radius 3 is 2.92 bits per heavy atom. The predicted molar refractivity (Wildman–Crippen MR) is 92.8 cm³/mol. The zero-order valence-electron chi connectivity index (χ0n) is 14.2. The fraction of sp³-hybridized carbons (Fsp3) is 0.294. The Balaban J connectivity index is 1.78. The van der Waals surface area contributed by atoms with Crippen molar-refractivity contribution in [1.82, 2.24) is 24.5 Å². The highest BCUT2D eigenvalue weighted by Gasteiger charge is 2.18. The van der Waals surface area contributed by atoms with Gasteiger partial charge in [0.1, 0.15) is 0 Å². The Morgan fingerprint density at radius 2 is 2.20 bits per heavy atom. The average Bonchev–Trinajstić information content (AvgIpc) is 3.27. The first-order chi connectivity index (χ1) is 12.2. The van der Waals surface area contributed by atoms with Gasteiger partial charge in [-0.05, 0) is 18.6 Å². The van der Waals surface area contributed by atoms with E-state index in [-0.39, 0.29) is 5.91 Å². The van der Waals surface area contributed by atoms with Crippen LogP contribution in [0.1, 0.15) is 23.0 Å². The number of hydrogen-bond donors (Lipinski definition) is 1. The van der Waals surface area contributed by atoms with Crippen LogP contribution in [0.4, 0.5) is 5.82 Å². The first kappa shape index (κ1) is 16.8. The van der Waals surface area contributed by atoms with Crippen molar-refractivity contribution < 1.29 is 9.53 Å². The molecular formula is C17H20N6O2. The first-order valence-corrected chi connectivity index (χ1v) is 8.05. The summed E-state index contributed by atoms with van der Waals surface area (Å²) in [5.41, 5.74) is 1.31. The average molecular weight is 340 g/mol. The number of nitrogens with one attached hydrogen (secondary N) is 1. The number of hydrogen-bond acceptors (Lipinski definition) is 5. The number of carbonyl (C=O) groups excluding carboxylic acids is 1. The van der Waals surface area contributed by atoms with E-state index in [0.29, 0.717) is 36.8 Å². The number of pyridine rings is 1. The quantitative estimate of drug-likeness (QED) is 0.710. The summed E-state index contributed by atoms with van der Waals surface area (Å²) in [4.78, 5) is 16.9. The molecule has 0 saturated carbocycles. The van der Waals surface area contributed by atoms with Gasteiger partial charge in [-0.2, -0.15) is 10.2 Å². The fourth-order valence-corrected chi connectivity index (χ4v) is 2.50. The minimum absolute atomic E-state index is 0.240. The summed E-state index contributed by atoms with van der Waals surface area (Å²) in [5, 5.41) is 11.4. The Kier molecular flexibility index (Phi) is 5.20. The topological polar surface area (TPSA) is 86.9 Å². The van der Waals surface area contributed by atoms with Gasteiger partial charge in [-0.15, -0.1) is 0 Å². The number of ether oxygens (including phenoxy) is 1. The molecule has 0 aromatic carbocycles. The molecule has 3 rings (SSSR count). The van der Waals surface area contributed by atoms with Gasteiger partial charge in [0.05, 0.1) is 30.6 Å². The highest BCUT2D eigenvalue weighted by atomic mass is 16.5. The molecule has 25 heavy (non-hydrogen) atoms. The molecule has 0 aliphatic rings. The minimum Gasteiger partial charge on any atom is -0.383 e. The van der Waals surface area contributed by atoms with Crippen LogP contribution >= 0.6 is 0 Å². The van der Waals surface area contributed by atoms with Crippen LogP contribution in [0.3, 0.4) is 0 Å². The van der Waals surface area contributed by atoms with Crippen LogP contribution in [0.25, 0.3) is 5.82 Å². The third-order valence-electron chi connectivity index (χ3n) is 3.72. The van der Waals surface area contributed by atoms with Crippen molar-refractivity contribution >= 4 is 11.7 Å². The molecule has 0 saturated heterocycles. The third-order valence-corrected chi connectivity index (χ3v) is 3.72. The van der Waals surface area contributed by atoms with Gasteiger partial charge in [0.15, 0.2) is 11.6 Å². The van der Waals surface area contributed by atoms with Gasteiger partial charge in [0.2, 0.25) is 0 Å². The summed E-state index contributed by atoms with van der Waals surface area (Å²) in [6.07, 6.45) is 5.71. The lowest BCUT2D eigenvalue weighted by molar-refractivity contribution is 0.102. The Bertz CT molecular complexity index is 840. The smallest absolute Gasteiger partial charge is 0.260 e. The van der Waals surface area contributed by atoms with Gasteiger partial charge in [0.25, 0.3) is 5.91 Å². The summed E-state index contributed by atoms with van der Waals surface area (Å²) in [6.45, 7) is 3.17. The second-order valence-electron chi connectivity index (χ2n) is 5.37. The van der Waals surface area contributed by atoms with E-state index < -0.39 is 0 Å². The maximum Gasteiger partial charge on any atom is 0.260 e. The van der Waals surface area contributed by atoms with Crippen molar-refractivity contribution in [3.05, 3.63) is 54.1 Å². The lowest BCUT2D eigenvalue weighted by atomic mass is 10.2. The molecule has 0 spiro atoms. The Hall–Kier alpha value is -3.00. The van der Waals surface area contributed by atoms with E-state index in [1.54, 1.807) is 41.1 Å². The molecule has 0 atom stereocenters. The molecule has 1 amide bonds. The maximum absolute atomic E-state index is 12.6. The number of rotatable bonds is 7. The standard InChI is InChI=1S/C17H20N6O2/c1-3-14-13(12-19-23(14)16-6-4-5-8-18-16)17(24)20-15-7-9-22(21-15)10-11-25-2/h4-9,12H,3,10-11H2,1-2H3,(H,20,21,24). The molecule has 0 aliphatic carbocycles. The second-order valence-corrected chi connectivity index (χ2v) is 5.37. The van der Waals surface area contributed by atoms with Crippen LogP contribution in [-0.4, -0.2) is 44.2 Å². The van der Waals surface area contributed by atoms with Crippen LogP contribution in [0.15, 0.2) is 42.9 Å². The number of nitrogens with zero attached hydrogens (tertiary/aromatic N) is 5. The Labute approximate surface area is 145 Å². The lowest BCUT2D eigenvalue weighted by Gasteiger charge is -2.07. The van der Waals surface area contributed by atoms with Gasteiger partial charge >= 0.3 is 0 Å². The van der Waals surface area contributed by atoms with Crippen molar-refractivity contribution in [2.75, 3.05) is 19.0 Å². The molecule has 0 radical (unpaired) electrons. The molecule has 0 fully saturated rings. The maximum atomic E-state index is 12.6. The van der Waals surface area contributed by atoms with E-state index in [9.17, 15) is 4.79 Å². The summed E-state index contributed by atoms with van der Waals surface area (Å²) < 4.78 is 8.42. The second kappa shape index (κ2) is 7.71. The molecule has 3 aromatic heterocycles. The number of methoxy groups -OCH3 is 1. The van der Waals surface area contributed by atoms with Crippen LogP contribution in [0, 0.1) is 0 Å². The van der Waals surface area contributed by atoms with Crippen molar-refractivity contribution in [3.8, 4) is 5.82 Å². The summed E-state index contributed by atoms with van der Waals surface area (Å²) in [6, 6.07) is 7.33. The minimum atomic E-state index is -0.240. The zero-order valence-corrected chi connectivity index (χ0v) is 14.2. The van der Waals surface area contributed by atoms with E-state index in [4.69, 9.17) is 4.74 Å². The molecule has 3 heterocycles. The van der Waals surface area contributed by atoms with Crippen LogP contribution < -0.4 is 5.32 Å². The SMILES string of the molecule is CCc1c(C(=O)Nc2ccn(CCOC)n2)cnn1-c1ccccn1. The van der Waals surface area contributed by atoms with Crippen LogP contribution in [0.2, 0.25) is 0 Å². The van der Waals surface area contributed by atoms with Gasteiger partial charge in [-0.25, -0.2) is 9.67 Å². The number of carbonyl (C=O) groups is 1. The van der Waals surface area contributed by atoms with Crippen molar-refractivity contribution in [1.29, 1.82) is 0 Å². The molecular weight excluding hydrogens is 320 g/mol. The van der Waals surface area contributed by atoms with Gasteiger partial charge in [-0.3, -0.25) is 9.48 Å². The van der Waals surface area contributed by atoms with Crippen molar-refractivity contribution in [2.45, 2.75) is 19.9 Å². The number of anilines is 1. The Morgan fingerprint density at radius 1 is 1.32 bits per heavy atom. The molecule has 8 heteroatoms. The predicted octanol–water partition coefficient (Wildman–Crippen LogP) is 1.92. The van der Waals surface area contributed by atoms with Crippen molar-refractivity contribution in [2.24, 2.45) is 0 Å². The largest absolute Gasteiger partial charge is 0.383 e. The summed E-state index contributed by atoms with van der Waals surface area (Å²) >= 11 is 0. The van der Waals surface area contributed by atoms with Gasteiger partial charge in [0, 0.05) is 25.6 Å². The molecule has 8 nitrogen and oxygen atoms in total. The van der Waals surface area contributed by atoms with Gasteiger partial charge in [-0.1, -0.05) is 13.0 Å². The van der Waals surface area contributed by atoms with Crippen LogP contribution in [-0.2, 0) is 17.7 Å². The molecule has 0 unspecified atom stereocenters. The molecule has 0 aliphatic heterocycles. The zero-order chi connectivity index (χ0) is 17.6. The molecule has 0 bridgehead atoms. The summed E-state index contributed by atoms with van der Waals surface area (Å²) in [7, 11) is 1.64. The highest BCUT2D eigenvalue weighted by molar-refractivity contribution is 6.04. The number of amides is 1. The molecule has 130 valence electrons.